The van der Waals surface area contributed by atoms with Crippen molar-refractivity contribution in [1.29, 1.82) is 0 Å². The molecule has 0 radical (unpaired) electrons. The van der Waals surface area contributed by atoms with Crippen molar-refractivity contribution in [3.8, 4) is 0 Å². The van der Waals surface area contributed by atoms with E-state index in [0.29, 0.717) is 0 Å². The standard InChI is InChI=1S/C8H10.2BrH.Mg/c1-7-5-3-4-6-8(7)2;;;/h3-6H,1-2H3;2*1H;/q;;;+2/p-2. The van der Waals surface area contributed by atoms with Gasteiger partial charge in [0.25, 0.3) is 0 Å². The van der Waals surface area contributed by atoms with E-state index in [1.54, 1.807) is 0 Å². The quantitative estimate of drug-likeness (QED) is 0.640. The summed E-state index contributed by atoms with van der Waals surface area (Å²) in [6.45, 7) is 4.24. The maximum absolute atomic E-state index is 3.20. The van der Waals surface area contributed by atoms with Gasteiger partial charge in [0, 0.05) is 0 Å². The lowest BCUT2D eigenvalue weighted by Gasteiger charge is -1.93. The summed E-state index contributed by atoms with van der Waals surface area (Å²) in [5.41, 5.74) is 2.74. The lowest BCUT2D eigenvalue weighted by atomic mass is 10.1. The zero-order valence-electron chi connectivity index (χ0n) is 6.77. The van der Waals surface area contributed by atoms with Gasteiger partial charge in [-0.25, -0.2) is 0 Å². The van der Waals surface area contributed by atoms with Crippen LogP contribution in [-0.2, 0) is 0 Å². The second-order valence-electron chi connectivity index (χ2n) is 2.19. The van der Waals surface area contributed by atoms with E-state index < -0.39 is 0 Å². The van der Waals surface area contributed by atoms with Crippen LogP contribution in [0.2, 0.25) is 0 Å². The first-order valence-electron chi connectivity index (χ1n) is 3.36. The lowest BCUT2D eigenvalue weighted by molar-refractivity contribution is 1.34. The minimum atomic E-state index is 0.0417. The van der Waals surface area contributed by atoms with E-state index in [4.69, 9.17) is 0 Å². The molecule has 1 rings (SSSR count). The first-order valence-corrected chi connectivity index (χ1v) is 11.2. The van der Waals surface area contributed by atoms with Crippen LogP contribution in [0.5, 0.6) is 0 Å². The molecular weight excluding hydrogens is 280 g/mol. The fourth-order valence-corrected chi connectivity index (χ4v) is 0.663. The van der Waals surface area contributed by atoms with Crippen molar-refractivity contribution < 1.29 is 0 Å². The van der Waals surface area contributed by atoms with Crippen LogP contribution >= 0.6 is 25.8 Å². The van der Waals surface area contributed by atoms with Crippen LogP contribution in [0.3, 0.4) is 0 Å². The molecule has 0 N–H and O–H groups in total. The number of aryl methyl sites for hydroxylation is 2. The SMILES string of the molecule is Cc1ccccc1C.[Br][Mg][Br]. The summed E-state index contributed by atoms with van der Waals surface area (Å²) in [5, 5.41) is 0. The van der Waals surface area contributed by atoms with Crippen LogP contribution in [0.25, 0.3) is 0 Å². The second-order valence-corrected chi connectivity index (χ2v) is 10.3. The van der Waals surface area contributed by atoms with Gasteiger partial charge in [-0.15, -0.1) is 0 Å². The summed E-state index contributed by atoms with van der Waals surface area (Å²) < 4.78 is 0. The van der Waals surface area contributed by atoms with Crippen molar-refractivity contribution in [2.75, 3.05) is 0 Å². The van der Waals surface area contributed by atoms with E-state index in [1.165, 1.54) is 11.1 Å². The van der Waals surface area contributed by atoms with Crippen LogP contribution in [-0.4, -0.2) is 16.0 Å². The Kier molecular flexibility index (Phi) is 8.24. The third kappa shape index (κ3) is 6.14. The van der Waals surface area contributed by atoms with Gasteiger partial charge in [-0.2, -0.15) is 0 Å². The van der Waals surface area contributed by atoms with E-state index in [-0.39, 0.29) is 16.0 Å². The summed E-state index contributed by atoms with van der Waals surface area (Å²) in [6, 6.07) is 8.36. The van der Waals surface area contributed by atoms with E-state index in [0.717, 1.165) is 0 Å². The Morgan fingerprint density at radius 1 is 1.00 bits per heavy atom. The molecule has 3 heteroatoms. The molecule has 0 nitrogen and oxygen atoms in total. The van der Waals surface area contributed by atoms with Crippen molar-refractivity contribution >= 4 is 41.8 Å². The molecule has 1 aromatic carbocycles. The molecule has 0 unspecified atom stereocenters. The van der Waals surface area contributed by atoms with E-state index in [9.17, 15) is 0 Å². The Balaban J connectivity index is 0.000000292. The Labute approximate surface area is 90.2 Å². The summed E-state index contributed by atoms with van der Waals surface area (Å²) in [4.78, 5) is 0. The number of hydrogen-bond acceptors (Lipinski definition) is 0. The molecule has 0 heterocycles. The first-order chi connectivity index (χ1) is 5.22. The van der Waals surface area contributed by atoms with Gasteiger partial charge in [0.1, 0.15) is 0 Å². The molecule has 11 heavy (non-hydrogen) atoms. The van der Waals surface area contributed by atoms with Crippen LogP contribution in [0, 0.1) is 13.8 Å². The van der Waals surface area contributed by atoms with Crippen molar-refractivity contribution in [2.24, 2.45) is 0 Å². The monoisotopic (exact) mass is 288 g/mol. The highest BCUT2D eigenvalue weighted by Gasteiger charge is 1.83. The fourth-order valence-electron chi connectivity index (χ4n) is 0.663. The predicted molar refractivity (Wildman–Crippen MR) is 59.5 cm³/mol. The zero-order chi connectivity index (χ0) is 8.69. The highest BCUT2D eigenvalue weighted by Crippen LogP contribution is 2.02. The summed E-state index contributed by atoms with van der Waals surface area (Å²) in [6.07, 6.45) is 0. The van der Waals surface area contributed by atoms with Gasteiger partial charge in [0.05, 0.1) is 0 Å². The smallest absolute Gasteiger partial charge is 0.280 e. The average Bonchev–Trinajstić information content (AvgIpc) is 1.97. The summed E-state index contributed by atoms with van der Waals surface area (Å²) in [5.74, 6) is 0. The fraction of sp³-hybridized carbons (Fsp3) is 0.250. The molecule has 0 saturated heterocycles. The van der Waals surface area contributed by atoms with E-state index in [1.807, 2.05) is 0 Å². The van der Waals surface area contributed by atoms with Crippen molar-refractivity contribution in [3.63, 3.8) is 0 Å². The molecule has 0 fully saturated rings. The third-order valence-corrected chi connectivity index (χ3v) is 1.43. The van der Waals surface area contributed by atoms with Gasteiger partial charge in [-0.05, 0) is 25.0 Å². The molecule has 0 aliphatic heterocycles. The number of benzene rings is 1. The largest absolute Gasteiger partial charge is 0.560 e. The molecule has 0 aromatic heterocycles. The average molecular weight is 290 g/mol. The number of rotatable bonds is 0. The van der Waals surface area contributed by atoms with Gasteiger partial charge in [0.15, 0.2) is 0 Å². The molecule has 0 aliphatic carbocycles. The highest BCUT2D eigenvalue weighted by atomic mass is 79.9. The summed E-state index contributed by atoms with van der Waals surface area (Å²) in [7, 11) is 0. The number of halogens is 2. The molecule has 58 valence electrons. The molecule has 0 spiro atoms. The Morgan fingerprint density at radius 3 is 1.45 bits per heavy atom. The van der Waals surface area contributed by atoms with Crippen LogP contribution in [0.1, 0.15) is 11.1 Å². The van der Waals surface area contributed by atoms with Gasteiger partial charge in [-0.3, -0.25) is 25.8 Å². The molecule has 0 atom stereocenters. The summed E-state index contributed by atoms with van der Waals surface area (Å²) >= 11 is 6.44. The Bertz CT molecular complexity index is 180. The van der Waals surface area contributed by atoms with Crippen LogP contribution in [0.15, 0.2) is 24.3 Å². The zero-order valence-corrected chi connectivity index (χ0v) is 11.4. The molecule has 0 saturated carbocycles. The lowest BCUT2D eigenvalue weighted by Crippen LogP contribution is -1.74. The third-order valence-electron chi connectivity index (χ3n) is 1.43. The second kappa shape index (κ2) is 7.59. The molecule has 0 amide bonds. The van der Waals surface area contributed by atoms with Crippen molar-refractivity contribution in [1.82, 2.24) is 0 Å². The Hall–Kier alpha value is 0.946. The topological polar surface area (TPSA) is 0 Å². The van der Waals surface area contributed by atoms with Gasteiger partial charge < -0.3 is 0 Å². The molecule has 1 aromatic rings. The molecule has 0 aliphatic rings. The number of hydrogen-bond donors (Lipinski definition) is 0. The molecule has 0 bridgehead atoms. The minimum Gasteiger partial charge on any atom is -0.280 e. The van der Waals surface area contributed by atoms with Crippen LogP contribution < -0.4 is 0 Å². The predicted octanol–water partition coefficient (Wildman–Crippen LogP) is 3.61. The van der Waals surface area contributed by atoms with Gasteiger partial charge in [-0.1, -0.05) is 24.3 Å². The molecular formula is C8H10Br2Mg. The normalized spacial score (nSPS) is 7.64. The van der Waals surface area contributed by atoms with Gasteiger partial charge in [0.2, 0.25) is 0 Å². The minimum absolute atomic E-state index is 0.0417. The maximum atomic E-state index is 3.20. The van der Waals surface area contributed by atoms with Crippen LogP contribution in [0.4, 0.5) is 0 Å². The van der Waals surface area contributed by atoms with Gasteiger partial charge >= 0.3 is 16.0 Å². The van der Waals surface area contributed by atoms with E-state index in [2.05, 4.69) is 63.9 Å². The maximum Gasteiger partial charge on any atom is 0.560 e. The van der Waals surface area contributed by atoms with Crippen molar-refractivity contribution in [3.05, 3.63) is 35.4 Å². The van der Waals surface area contributed by atoms with E-state index >= 15 is 0 Å². The van der Waals surface area contributed by atoms with Crippen molar-refractivity contribution in [2.45, 2.75) is 13.8 Å². The highest BCUT2D eigenvalue weighted by molar-refractivity contribution is 9.47. The first kappa shape index (κ1) is 11.9. The Morgan fingerprint density at radius 2 is 1.27 bits per heavy atom.